The normalized spacial score (nSPS) is 12.5. The number of nitrogens with two attached hydrogens (primary N) is 1. The Hall–Kier alpha value is -1.22. The molecular weight excluding hydrogens is 193 g/mol. The predicted molar refractivity (Wildman–Crippen MR) is 58.2 cm³/mol. The van der Waals surface area contributed by atoms with Gasteiger partial charge in [-0.1, -0.05) is 25.5 Å². The van der Waals surface area contributed by atoms with Gasteiger partial charge in [-0.3, -0.25) is 4.79 Å². The number of Topliss-reactive ketones (excluding diaryl/α,β-unsaturated/α-hetero) is 1. The Bertz CT molecular complexity index is 334. The molecule has 0 radical (unpaired) electrons. The van der Waals surface area contributed by atoms with Crippen LogP contribution in [0.4, 0.5) is 4.39 Å². The molecule has 0 saturated carbocycles. The van der Waals surface area contributed by atoms with Crippen LogP contribution in [0.5, 0.6) is 0 Å². The highest BCUT2D eigenvalue weighted by atomic mass is 19.1. The highest BCUT2D eigenvalue weighted by Crippen LogP contribution is 2.13. The second-order valence-corrected chi connectivity index (χ2v) is 3.65. The van der Waals surface area contributed by atoms with Crippen LogP contribution in [0.15, 0.2) is 24.3 Å². The number of benzene rings is 1. The molecule has 0 heterocycles. The summed E-state index contributed by atoms with van der Waals surface area (Å²) in [4.78, 5) is 11.7. The molecule has 1 aromatic carbocycles. The fraction of sp³-hybridized carbons (Fsp3) is 0.417. The van der Waals surface area contributed by atoms with Gasteiger partial charge in [0.2, 0.25) is 0 Å². The molecule has 82 valence electrons. The molecule has 0 aromatic heterocycles. The van der Waals surface area contributed by atoms with E-state index in [1.807, 2.05) is 6.92 Å². The van der Waals surface area contributed by atoms with Crippen molar-refractivity contribution < 1.29 is 9.18 Å². The highest BCUT2D eigenvalue weighted by Gasteiger charge is 2.12. The molecule has 0 amide bonds. The van der Waals surface area contributed by atoms with Crippen molar-refractivity contribution in [2.24, 2.45) is 11.7 Å². The Kier molecular flexibility index (Phi) is 4.43. The lowest BCUT2D eigenvalue weighted by atomic mass is 9.96. The van der Waals surface area contributed by atoms with Crippen molar-refractivity contribution >= 4 is 5.78 Å². The Morgan fingerprint density at radius 3 is 2.80 bits per heavy atom. The molecule has 0 aliphatic heterocycles. The number of carbonyl (C=O) groups is 1. The monoisotopic (exact) mass is 209 g/mol. The molecule has 3 heteroatoms. The molecule has 0 bridgehead atoms. The van der Waals surface area contributed by atoms with Crippen LogP contribution in [0.1, 0.15) is 30.1 Å². The lowest BCUT2D eigenvalue weighted by molar-refractivity contribution is 0.0961. The minimum atomic E-state index is -0.373. The maximum Gasteiger partial charge on any atom is 0.163 e. The first-order valence-electron chi connectivity index (χ1n) is 5.16. The molecule has 1 rings (SSSR count). The van der Waals surface area contributed by atoms with Gasteiger partial charge in [-0.25, -0.2) is 4.39 Å². The molecule has 2 N–H and O–H groups in total. The number of ketones is 1. The predicted octanol–water partition coefficient (Wildman–Crippen LogP) is 2.38. The van der Waals surface area contributed by atoms with Crippen LogP contribution in [0.2, 0.25) is 0 Å². The zero-order valence-electron chi connectivity index (χ0n) is 8.87. The van der Waals surface area contributed by atoms with E-state index in [1.54, 1.807) is 12.1 Å². The fourth-order valence-corrected chi connectivity index (χ4v) is 1.44. The second-order valence-electron chi connectivity index (χ2n) is 3.65. The van der Waals surface area contributed by atoms with Crippen LogP contribution in [0.3, 0.4) is 0 Å². The highest BCUT2D eigenvalue weighted by molar-refractivity contribution is 5.96. The van der Waals surface area contributed by atoms with Crippen molar-refractivity contribution in [2.75, 3.05) is 6.54 Å². The van der Waals surface area contributed by atoms with Gasteiger partial charge in [-0.05, 0) is 24.6 Å². The van der Waals surface area contributed by atoms with Gasteiger partial charge in [0.05, 0.1) is 0 Å². The summed E-state index contributed by atoms with van der Waals surface area (Å²) in [6, 6.07) is 5.78. The van der Waals surface area contributed by atoms with Crippen molar-refractivity contribution in [2.45, 2.75) is 19.8 Å². The van der Waals surface area contributed by atoms with Crippen LogP contribution >= 0.6 is 0 Å². The van der Waals surface area contributed by atoms with E-state index >= 15 is 0 Å². The van der Waals surface area contributed by atoms with Gasteiger partial charge in [-0.15, -0.1) is 0 Å². The first-order chi connectivity index (χ1) is 7.17. The molecule has 1 aromatic rings. The Balaban J connectivity index is 2.68. The number of hydrogen-bond donors (Lipinski definition) is 1. The molecule has 0 aliphatic rings. The van der Waals surface area contributed by atoms with Crippen molar-refractivity contribution in [3.05, 3.63) is 35.6 Å². The Morgan fingerprint density at radius 2 is 2.27 bits per heavy atom. The number of hydrogen-bond acceptors (Lipinski definition) is 2. The average molecular weight is 209 g/mol. The first kappa shape index (κ1) is 11.9. The van der Waals surface area contributed by atoms with Crippen molar-refractivity contribution in [3.63, 3.8) is 0 Å². The number of carbonyl (C=O) groups excluding carboxylic acids is 1. The van der Waals surface area contributed by atoms with Gasteiger partial charge < -0.3 is 5.73 Å². The van der Waals surface area contributed by atoms with E-state index in [0.717, 1.165) is 6.42 Å². The Morgan fingerprint density at radius 1 is 1.53 bits per heavy atom. The molecule has 1 unspecified atom stereocenters. The van der Waals surface area contributed by atoms with Gasteiger partial charge in [0.15, 0.2) is 5.78 Å². The van der Waals surface area contributed by atoms with Crippen LogP contribution in [-0.4, -0.2) is 12.3 Å². The van der Waals surface area contributed by atoms with Gasteiger partial charge in [0.1, 0.15) is 5.82 Å². The van der Waals surface area contributed by atoms with E-state index in [4.69, 9.17) is 5.73 Å². The van der Waals surface area contributed by atoms with Crippen molar-refractivity contribution in [3.8, 4) is 0 Å². The second kappa shape index (κ2) is 5.61. The summed E-state index contributed by atoms with van der Waals surface area (Å²) >= 11 is 0. The maximum absolute atomic E-state index is 12.9. The van der Waals surface area contributed by atoms with Crippen LogP contribution in [-0.2, 0) is 0 Å². The van der Waals surface area contributed by atoms with E-state index in [1.165, 1.54) is 12.1 Å². The quantitative estimate of drug-likeness (QED) is 0.756. The minimum absolute atomic E-state index is 0.0354. The van der Waals surface area contributed by atoms with Gasteiger partial charge in [0.25, 0.3) is 0 Å². The summed E-state index contributed by atoms with van der Waals surface area (Å²) in [6.45, 7) is 2.49. The third-order valence-corrected chi connectivity index (χ3v) is 2.53. The summed E-state index contributed by atoms with van der Waals surface area (Å²) in [5, 5.41) is 0. The maximum atomic E-state index is 12.9. The van der Waals surface area contributed by atoms with E-state index in [2.05, 4.69) is 0 Å². The molecular formula is C12H16FNO. The van der Waals surface area contributed by atoms with Gasteiger partial charge >= 0.3 is 0 Å². The number of rotatable bonds is 5. The summed E-state index contributed by atoms with van der Waals surface area (Å²) in [5.74, 6) is -0.214. The molecule has 0 saturated heterocycles. The molecule has 2 nitrogen and oxygen atoms in total. The summed E-state index contributed by atoms with van der Waals surface area (Å²) < 4.78 is 12.9. The van der Waals surface area contributed by atoms with E-state index in [0.29, 0.717) is 18.5 Å². The fourth-order valence-electron chi connectivity index (χ4n) is 1.44. The number of halogens is 1. The zero-order valence-corrected chi connectivity index (χ0v) is 8.87. The van der Waals surface area contributed by atoms with Crippen molar-refractivity contribution in [1.29, 1.82) is 0 Å². The zero-order chi connectivity index (χ0) is 11.3. The van der Waals surface area contributed by atoms with E-state index < -0.39 is 0 Å². The van der Waals surface area contributed by atoms with E-state index in [9.17, 15) is 9.18 Å². The molecule has 0 aliphatic carbocycles. The molecule has 0 fully saturated rings. The third-order valence-electron chi connectivity index (χ3n) is 2.53. The topological polar surface area (TPSA) is 43.1 Å². The van der Waals surface area contributed by atoms with Gasteiger partial charge in [0, 0.05) is 12.0 Å². The SMILES string of the molecule is CCC(CN)CC(=O)c1cccc(F)c1. The standard InChI is InChI=1S/C12H16FNO/c1-2-9(8-14)6-12(15)10-4-3-5-11(13)7-10/h3-5,7,9H,2,6,8,14H2,1H3. The molecule has 0 spiro atoms. The van der Waals surface area contributed by atoms with Crippen LogP contribution in [0, 0.1) is 11.7 Å². The third kappa shape index (κ3) is 3.44. The van der Waals surface area contributed by atoms with E-state index in [-0.39, 0.29) is 17.5 Å². The van der Waals surface area contributed by atoms with Crippen LogP contribution < -0.4 is 5.73 Å². The molecule has 1 atom stereocenters. The average Bonchev–Trinajstić information content (AvgIpc) is 2.25. The smallest absolute Gasteiger partial charge is 0.163 e. The summed E-state index contributed by atoms with van der Waals surface area (Å²) in [6.07, 6.45) is 1.27. The summed E-state index contributed by atoms with van der Waals surface area (Å²) in [5.41, 5.74) is 5.95. The van der Waals surface area contributed by atoms with Crippen LogP contribution in [0.25, 0.3) is 0 Å². The van der Waals surface area contributed by atoms with Gasteiger partial charge in [-0.2, -0.15) is 0 Å². The summed E-state index contributed by atoms with van der Waals surface area (Å²) in [7, 11) is 0. The minimum Gasteiger partial charge on any atom is -0.330 e. The lowest BCUT2D eigenvalue weighted by Crippen LogP contribution is -2.17. The lowest BCUT2D eigenvalue weighted by Gasteiger charge is -2.10. The largest absolute Gasteiger partial charge is 0.330 e. The molecule has 15 heavy (non-hydrogen) atoms. The Labute approximate surface area is 89.3 Å². The first-order valence-corrected chi connectivity index (χ1v) is 5.16. The van der Waals surface area contributed by atoms with Crippen molar-refractivity contribution in [1.82, 2.24) is 0 Å².